The molecular weight excluding hydrogens is 414 g/mol. The molecule has 1 aliphatic rings. The molecule has 7 nitrogen and oxygen atoms in total. The number of hydrogen-bond acceptors (Lipinski definition) is 6. The maximum Gasteiger partial charge on any atom is 0.249 e. The molecule has 1 saturated heterocycles. The molecule has 3 heterocycles. The molecular formula is C26H25N5O2. The van der Waals surface area contributed by atoms with Gasteiger partial charge in [0.1, 0.15) is 6.10 Å². The molecule has 7 heteroatoms. The average molecular weight is 440 g/mol. The number of fused-ring (bicyclic) bond motifs is 1. The summed E-state index contributed by atoms with van der Waals surface area (Å²) in [6, 6.07) is 17.5. The predicted octanol–water partition coefficient (Wildman–Crippen LogP) is 3.67. The Kier molecular flexibility index (Phi) is 5.81. The Morgan fingerprint density at radius 2 is 1.88 bits per heavy atom. The van der Waals surface area contributed by atoms with Gasteiger partial charge < -0.3 is 10.5 Å². The lowest BCUT2D eigenvalue weighted by atomic mass is 10.0. The van der Waals surface area contributed by atoms with Gasteiger partial charge in [-0.3, -0.25) is 9.69 Å². The largest absolute Gasteiger partial charge is 0.369 e. The van der Waals surface area contributed by atoms with E-state index in [2.05, 4.69) is 33.9 Å². The van der Waals surface area contributed by atoms with E-state index in [1.165, 1.54) is 5.56 Å². The van der Waals surface area contributed by atoms with Crippen LogP contribution < -0.4 is 5.73 Å². The third kappa shape index (κ3) is 4.60. The maximum absolute atomic E-state index is 12.0. The molecule has 0 unspecified atom stereocenters. The number of carbonyl (C=O) groups is 1. The second-order valence-electron chi connectivity index (χ2n) is 8.35. The van der Waals surface area contributed by atoms with Crippen molar-refractivity contribution < 1.29 is 9.53 Å². The van der Waals surface area contributed by atoms with Crippen LogP contribution in [-0.2, 0) is 11.3 Å². The molecule has 2 aromatic heterocycles. The number of nitrogens with zero attached hydrogens (tertiary/aromatic N) is 4. The quantitative estimate of drug-likeness (QED) is 0.510. The van der Waals surface area contributed by atoms with Crippen molar-refractivity contribution >= 4 is 16.8 Å². The summed E-state index contributed by atoms with van der Waals surface area (Å²) in [6.07, 6.45) is 3.52. The van der Waals surface area contributed by atoms with Crippen molar-refractivity contribution in [1.29, 1.82) is 0 Å². The first kappa shape index (κ1) is 21.2. The molecule has 0 bridgehead atoms. The number of ether oxygens (including phenoxy) is 1. The third-order valence-electron chi connectivity index (χ3n) is 5.90. The zero-order valence-electron chi connectivity index (χ0n) is 18.4. The van der Waals surface area contributed by atoms with E-state index in [-0.39, 0.29) is 6.10 Å². The molecule has 2 aromatic carbocycles. The monoisotopic (exact) mass is 439 g/mol. The number of amides is 1. The summed E-state index contributed by atoms with van der Waals surface area (Å²) in [5.74, 6) is 0.256. The number of aryl methyl sites for hydroxylation is 1. The van der Waals surface area contributed by atoms with Crippen molar-refractivity contribution in [3.05, 3.63) is 89.4 Å². The fourth-order valence-electron chi connectivity index (χ4n) is 4.14. The summed E-state index contributed by atoms with van der Waals surface area (Å²) >= 11 is 0. The minimum Gasteiger partial charge on any atom is -0.369 e. The number of pyridine rings is 1. The van der Waals surface area contributed by atoms with Crippen molar-refractivity contribution in [2.75, 3.05) is 19.7 Å². The van der Waals surface area contributed by atoms with Crippen LogP contribution in [0, 0.1) is 6.92 Å². The van der Waals surface area contributed by atoms with Crippen LogP contribution in [0.3, 0.4) is 0 Å². The Morgan fingerprint density at radius 1 is 1.12 bits per heavy atom. The highest BCUT2D eigenvalue weighted by molar-refractivity contribution is 6.05. The number of para-hydroxylation sites is 1. The fourth-order valence-corrected chi connectivity index (χ4v) is 4.14. The zero-order chi connectivity index (χ0) is 22.8. The van der Waals surface area contributed by atoms with Crippen molar-refractivity contribution in [3.63, 3.8) is 0 Å². The summed E-state index contributed by atoms with van der Waals surface area (Å²) in [5, 5.41) is 0.757. The summed E-state index contributed by atoms with van der Waals surface area (Å²) < 4.78 is 6.01. The van der Waals surface area contributed by atoms with Crippen molar-refractivity contribution in [3.8, 4) is 11.4 Å². The highest BCUT2D eigenvalue weighted by Crippen LogP contribution is 2.26. The first-order valence-corrected chi connectivity index (χ1v) is 11.0. The Labute approximate surface area is 192 Å². The summed E-state index contributed by atoms with van der Waals surface area (Å²) in [7, 11) is 0. The lowest BCUT2D eigenvalue weighted by Crippen LogP contribution is -2.38. The number of hydrogen-bond donors (Lipinski definition) is 1. The molecule has 2 N–H and O–H groups in total. The van der Waals surface area contributed by atoms with Gasteiger partial charge >= 0.3 is 0 Å². The van der Waals surface area contributed by atoms with Crippen LogP contribution >= 0.6 is 0 Å². The van der Waals surface area contributed by atoms with E-state index in [4.69, 9.17) is 15.5 Å². The number of benzene rings is 2. The molecule has 1 fully saturated rings. The van der Waals surface area contributed by atoms with Crippen LogP contribution in [0.5, 0.6) is 0 Å². The van der Waals surface area contributed by atoms with Crippen LogP contribution in [0.4, 0.5) is 0 Å². The van der Waals surface area contributed by atoms with Gasteiger partial charge in [0.2, 0.25) is 5.91 Å². The minimum absolute atomic E-state index is 0.241. The van der Waals surface area contributed by atoms with E-state index < -0.39 is 5.91 Å². The van der Waals surface area contributed by atoms with Crippen LogP contribution in [-0.4, -0.2) is 45.5 Å². The van der Waals surface area contributed by atoms with Gasteiger partial charge in [-0.05, 0) is 19.1 Å². The fraction of sp³-hybridized carbons (Fsp3) is 0.231. The number of carbonyl (C=O) groups excluding carboxylic acids is 1. The lowest BCUT2D eigenvalue weighted by Gasteiger charge is -2.32. The van der Waals surface area contributed by atoms with Gasteiger partial charge in [-0.15, -0.1) is 0 Å². The van der Waals surface area contributed by atoms with E-state index in [1.807, 2.05) is 48.8 Å². The summed E-state index contributed by atoms with van der Waals surface area (Å²) in [6.45, 7) is 4.80. The molecule has 1 aliphatic heterocycles. The number of rotatable bonds is 5. The first-order valence-electron chi connectivity index (χ1n) is 11.0. The summed E-state index contributed by atoms with van der Waals surface area (Å²) in [5.41, 5.74) is 10.8. The second-order valence-corrected chi connectivity index (χ2v) is 8.35. The second kappa shape index (κ2) is 9.05. The topological polar surface area (TPSA) is 94.2 Å². The van der Waals surface area contributed by atoms with E-state index in [0.717, 1.165) is 40.1 Å². The normalized spacial score (nSPS) is 16.7. The Balaban J connectivity index is 1.32. The Hall–Kier alpha value is -3.68. The lowest BCUT2D eigenvalue weighted by molar-refractivity contribution is -0.0349. The van der Waals surface area contributed by atoms with Crippen LogP contribution in [0.25, 0.3) is 22.3 Å². The molecule has 4 aromatic rings. The van der Waals surface area contributed by atoms with E-state index in [1.54, 1.807) is 6.07 Å². The van der Waals surface area contributed by atoms with Gasteiger partial charge in [0, 0.05) is 48.5 Å². The maximum atomic E-state index is 12.0. The third-order valence-corrected chi connectivity index (χ3v) is 5.90. The Bertz CT molecular complexity index is 1290. The van der Waals surface area contributed by atoms with Gasteiger partial charge in [-0.1, -0.05) is 48.0 Å². The van der Waals surface area contributed by atoms with Crippen LogP contribution in [0.15, 0.2) is 67.0 Å². The van der Waals surface area contributed by atoms with Gasteiger partial charge in [0.25, 0.3) is 0 Å². The number of primary amides is 1. The van der Waals surface area contributed by atoms with Gasteiger partial charge in [0.05, 0.1) is 23.4 Å². The molecule has 5 rings (SSSR count). The SMILES string of the molecule is Cc1ccc(-c2ncc(CN3CCO[C@H](c4cc(C(N)=O)c5ccccc5n4)C3)cn2)cc1. The smallest absolute Gasteiger partial charge is 0.249 e. The van der Waals surface area contributed by atoms with Gasteiger partial charge in [0.15, 0.2) is 5.82 Å². The van der Waals surface area contributed by atoms with Crippen LogP contribution in [0.1, 0.15) is 33.3 Å². The Morgan fingerprint density at radius 3 is 2.64 bits per heavy atom. The minimum atomic E-state index is -0.465. The van der Waals surface area contributed by atoms with E-state index >= 15 is 0 Å². The highest BCUT2D eigenvalue weighted by Gasteiger charge is 2.25. The molecule has 1 atom stereocenters. The van der Waals surface area contributed by atoms with E-state index in [9.17, 15) is 4.79 Å². The highest BCUT2D eigenvalue weighted by atomic mass is 16.5. The number of morpholine rings is 1. The number of aromatic nitrogens is 3. The standard InChI is InChI=1S/C26H25N5O2/c1-17-6-8-19(9-7-17)26-28-13-18(14-29-26)15-31-10-11-33-24(16-31)23-12-21(25(27)32)20-4-2-3-5-22(20)30-23/h2-9,12-14,24H,10-11,15-16H2,1H3,(H2,27,32)/t24-/m0/s1. The van der Waals surface area contributed by atoms with Gasteiger partial charge in [-0.2, -0.15) is 0 Å². The van der Waals surface area contributed by atoms with Crippen molar-refractivity contribution in [2.45, 2.75) is 19.6 Å². The van der Waals surface area contributed by atoms with Crippen molar-refractivity contribution in [1.82, 2.24) is 19.9 Å². The van der Waals surface area contributed by atoms with E-state index in [0.29, 0.717) is 25.3 Å². The van der Waals surface area contributed by atoms with Crippen LogP contribution in [0.2, 0.25) is 0 Å². The molecule has 1 amide bonds. The predicted molar refractivity (Wildman–Crippen MR) is 126 cm³/mol. The number of nitrogens with two attached hydrogens (primary N) is 1. The summed E-state index contributed by atoms with van der Waals surface area (Å²) in [4.78, 5) is 28.2. The molecule has 0 saturated carbocycles. The van der Waals surface area contributed by atoms with Crippen molar-refractivity contribution in [2.24, 2.45) is 5.73 Å². The molecule has 0 spiro atoms. The molecule has 33 heavy (non-hydrogen) atoms. The molecule has 166 valence electrons. The molecule has 0 radical (unpaired) electrons. The molecule has 0 aliphatic carbocycles. The first-order chi connectivity index (χ1) is 16.1. The zero-order valence-corrected chi connectivity index (χ0v) is 18.4. The van der Waals surface area contributed by atoms with Gasteiger partial charge in [-0.25, -0.2) is 15.0 Å². The average Bonchev–Trinajstić information content (AvgIpc) is 2.84.